The first kappa shape index (κ1) is 14.0. The highest BCUT2D eigenvalue weighted by Gasteiger charge is 2.24. The SMILES string of the molecule is Cc1cc(CN2CCC(C(=O)O)CC2)c2ccccc2n1. The molecule has 2 aromatic rings. The van der Waals surface area contributed by atoms with Crippen molar-refractivity contribution >= 4 is 16.9 Å². The molecule has 0 bridgehead atoms. The number of nitrogens with zero attached hydrogens (tertiary/aromatic N) is 2. The van der Waals surface area contributed by atoms with E-state index in [9.17, 15) is 4.79 Å². The van der Waals surface area contributed by atoms with Crippen molar-refractivity contribution in [1.82, 2.24) is 9.88 Å². The van der Waals surface area contributed by atoms with E-state index in [4.69, 9.17) is 5.11 Å². The zero-order chi connectivity index (χ0) is 14.8. The van der Waals surface area contributed by atoms with Crippen LogP contribution in [-0.2, 0) is 11.3 Å². The van der Waals surface area contributed by atoms with E-state index in [1.165, 1.54) is 10.9 Å². The van der Waals surface area contributed by atoms with Crippen molar-refractivity contribution < 1.29 is 9.90 Å². The Hall–Kier alpha value is -1.94. The lowest BCUT2D eigenvalue weighted by Gasteiger charge is -2.30. The average molecular weight is 284 g/mol. The maximum atomic E-state index is 11.0. The number of carboxylic acids is 1. The van der Waals surface area contributed by atoms with Crippen LogP contribution in [0.2, 0.25) is 0 Å². The Morgan fingerprint density at radius 1 is 1.33 bits per heavy atom. The number of carbonyl (C=O) groups is 1. The van der Waals surface area contributed by atoms with Gasteiger partial charge in [0, 0.05) is 17.6 Å². The Kier molecular flexibility index (Phi) is 3.88. The summed E-state index contributed by atoms with van der Waals surface area (Å²) in [4.78, 5) is 17.9. The van der Waals surface area contributed by atoms with E-state index >= 15 is 0 Å². The fourth-order valence-electron chi connectivity index (χ4n) is 3.10. The molecule has 4 nitrogen and oxygen atoms in total. The lowest BCUT2D eigenvalue weighted by Crippen LogP contribution is -2.35. The van der Waals surface area contributed by atoms with Crippen LogP contribution >= 0.6 is 0 Å². The summed E-state index contributed by atoms with van der Waals surface area (Å²) in [5.41, 5.74) is 3.35. The standard InChI is InChI=1S/C17H20N2O2/c1-12-10-14(15-4-2-3-5-16(15)18-12)11-19-8-6-13(7-9-19)17(20)21/h2-5,10,13H,6-9,11H2,1H3,(H,20,21). The van der Waals surface area contributed by atoms with Crippen molar-refractivity contribution in [3.8, 4) is 0 Å². The van der Waals surface area contributed by atoms with Crippen molar-refractivity contribution in [2.45, 2.75) is 26.3 Å². The largest absolute Gasteiger partial charge is 0.481 e. The maximum Gasteiger partial charge on any atom is 0.306 e. The molecular formula is C17H20N2O2. The minimum atomic E-state index is -0.653. The molecule has 1 N–H and O–H groups in total. The Bertz CT molecular complexity index is 661. The number of aryl methyl sites for hydroxylation is 1. The van der Waals surface area contributed by atoms with E-state index in [-0.39, 0.29) is 5.92 Å². The third-order valence-electron chi connectivity index (χ3n) is 4.26. The molecule has 0 atom stereocenters. The first-order valence-electron chi connectivity index (χ1n) is 7.44. The topological polar surface area (TPSA) is 53.4 Å². The molecule has 21 heavy (non-hydrogen) atoms. The predicted molar refractivity (Wildman–Crippen MR) is 82.1 cm³/mol. The van der Waals surface area contributed by atoms with E-state index < -0.39 is 5.97 Å². The van der Waals surface area contributed by atoms with Gasteiger partial charge in [-0.3, -0.25) is 14.7 Å². The summed E-state index contributed by atoms with van der Waals surface area (Å²) in [6.45, 7) is 4.60. The molecule has 0 saturated carbocycles. The highest BCUT2D eigenvalue weighted by atomic mass is 16.4. The molecule has 1 aromatic carbocycles. The zero-order valence-corrected chi connectivity index (χ0v) is 12.2. The molecule has 0 spiro atoms. The highest BCUT2D eigenvalue weighted by molar-refractivity contribution is 5.82. The van der Waals surface area contributed by atoms with E-state index in [1.54, 1.807) is 0 Å². The van der Waals surface area contributed by atoms with Gasteiger partial charge >= 0.3 is 5.97 Å². The summed E-state index contributed by atoms with van der Waals surface area (Å²) in [7, 11) is 0. The van der Waals surface area contributed by atoms with Crippen LogP contribution in [0.15, 0.2) is 30.3 Å². The second kappa shape index (κ2) is 5.82. The number of aromatic nitrogens is 1. The number of fused-ring (bicyclic) bond motifs is 1. The second-order valence-corrected chi connectivity index (χ2v) is 5.83. The molecule has 1 aromatic heterocycles. The monoisotopic (exact) mass is 284 g/mol. The molecule has 2 heterocycles. The van der Waals surface area contributed by atoms with Gasteiger partial charge < -0.3 is 5.11 Å². The number of likely N-dealkylation sites (tertiary alicyclic amines) is 1. The van der Waals surface area contributed by atoms with Crippen molar-refractivity contribution in [2.75, 3.05) is 13.1 Å². The predicted octanol–water partition coefficient (Wildman–Crippen LogP) is 2.84. The highest BCUT2D eigenvalue weighted by Crippen LogP contribution is 2.23. The zero-order valence-electron chi connectivity index (χ0n) is 12.2. The maximum absolute atomic E-state index is 11.0. The number of hydrogen-bond donors (Lipinski definition) is 1. The van der Waals surface area contributed by atoms with Crippen LogP contribution in [0, 0.1) is 12.8 Å². The van der Waals surface area contributed by atoms with Crippen LogP contribution in [0.5, 0.6) is 0 Å². The molecule has 1 saturated heterocycles. The third-order valence-corrected chi connectivity index (χ3v) is 4.26. The first-order chi connectivity index (χ1) is 10.1. The molecule has 3 rings (SSSR count). The van der Waals surface area contributed by atoms with Crippen LogP contribution in [0.3, 0.4) is 0 Å². The van der Waals surface area contributed by atoms with Crippen molar-refractivity contribution in [3.63, 3.8) is 0 Å². The van der Waals surface area contributed by atoms with Crippen LogP contribution in [0.4, 0.5) is 0 Å². The van der Waals surface area contributed by atoms with Gasteiger partial charge in [-0.2, -0.15) is 0 Å². The number of pyridine rings is 1. The summed E-state index contributed by atoms with van der Waals surface area (Å²) in [5.74, 6) is -0.822. The van der Waals surface area contributed by atoms with E-state index in [1.807, 2.05) is 25.1 Å². The minimum Gasteiger partial charge on any atom is -0.481 e. The summed E-state index contributed by atoms with van der Waals surface area (Å²) in [5, 5.41) is 10.3. The summed E-state index contributed by atoms with van der Waals surface area (Å²) < 4.78 is 0. The van der Waals surface area contributed by atoms with Crippen molar-refractivity contribution in [2.24, 2.45) is 5.92 Å². The molecule has 0 unspecified atom stereocenters. The number of rotatable bonds is 3. The Morgan fingerprint density at radius 3 is 2.76 bits per heavy atom. The fraction of sp³-hybridized carbons (Fsp3) is 0.412. The fourth-order valence-corrected chi connectivity index (χ4v) is 3.10. The number of hydrogen-bond acceptors (Lipinski definition) is 3. The summed E-state index contributed by atoms with van der Waals surface area (Å²) in [6.07, 6.45) is 1.49. The van der Waals surface area contributed by atoms with E-state index in [2.05, 4.69) is 22.0 Å². The molecule has 0 aliphatic carbocycles. The first-order valence-corrected chi connectivity index (χ1v) is 7.44. The molecular weight excluding hydrogens is 264 g/mol. The molecule has 110 valence electrons. The van der Waals surface area contributed by atoms with Gasteiger partial charge in [-0.05, 0) is 50.6 Å². The van der Waals surface area contributed by atoms with Crippen molar-refractivity contribution in [3.05, 3.63) is 41.6 Å². The van der Waals surface area contributed by atoms with E-state index in [0.29, 0.717) is 0 Å². The van der Waals surface area contributed by atoms with Gasteiger partial charge in [0.1, 0.15) is 0 Å². The molecule has 0 radical (unpaired) electrons. The third kappa shape index (κ3) is 3.05. The average Bonchev–Trinajstić information content (AvgIpc) is 2.47. The van der Waals surface area contributed by atoms with Crippen LogP contribution in [-0.4, -0.2) is 34.0 Å². The van der Waals surface area contributed by atoms with Gasteiger partial charge in [0.25, 0.3) is 0 Å². The van der Waals surface area contributed by atoms with Crippen LogP contribution in [0.1, 0.15) is 24.1 Å². The Labute approximate surface area is 124 Å². The number of piperidine rings is 1. The smallest absolute Gasteiger partial charge is 0.306 e. The number of carboxylic acid groups (broad SMARTS) is 1. The number of aliphatic carboxylic acids is 1. The summed E-state index contributed by atoms with van der Waals surface area (Å²) in [6, 6.07) is 10.4. The van der Waals surface area contributed by atoms with Crippen LogP contribution in [0.25, 0.3) is 10.9 Å². The molecule has 1 aliphatic rings. The van der Waals surface area contributed by atoms with Gasteiger partial charge in [0.2, 0.25) is 0 Å². The Balaban J connectivity index is 1.78. The quantitative estimate of drug-likeness (QED) is 0.941. The molecule has 4 heteroatoms. The van der Waals surface area contributed by atoms with Crippen molar-refractivity contribution in [1.29, 1.82) is 0 Å². The normalized spacial score (nSPS) is 17.2. The molecule has 0 amide bonds. The lowest BCUT2D eigenvalue weighted by molar-refractivity contribution is -0.143. The lowest BCUT2D eigenvalue weighted by atomic mass is 9.96. The molecule has 1 aliphatic heterocycles. The van der Waals surface area contributed by atoms with Gasteiger partial charge in [-0.1, -0.05) is 18.2 Å². The second-order valence-electron chi connectivity index (χ2n) is 5.83. The van der Waals surface area contributed by atoms with Gasteiger partial charge in [-0.15, -0.1) is 0 Å². The summed E-state index contributed by atoms with van der Waals surface area (Å²) >= 11 is 0. The van der Waals surface area contributed by atoms with Crippen LogP contribution < -0.4 is 0 Å². The Morgan fingerprint density at radius 2 is 2.05 bits per heavy atom. The number of para-hydroxylation sites is 1. The molecule has 1 fully saturated rings. The minimum absolute atomic E-state index is 0.169. The van der Waals surface area contributed by atoms with Gasteiger partial charge in [0.05, 0.1) is 11.4 Å². The number of benzene rings is 1. The van der Waals surface area contributed by atoms with Gasteiger partial charge in [-0.25, -0.2) is 0 Å². The van der Waals surface area contributed by atoms with E-state index in [0.717, 1.165) is 43.7 Å². The van der Waals surface area contributed by atoms with Gasteiger partial charge in [0.15, 0.2) is 0 Å².